The Morgan fingerprint density at radius 2 is 1.70 bits per heavy atom. The van der Waals surface area contributed by atoms with Gasteiger partial charge in [0, 0.05) is 23.7 Å². The second kappa shape index (κ2) is 5.39. The zero-order chi connectivity index (χ0) is 13.9. The van der Waals surface area contributed by atoms with Gasteiger partial charge >= 0.3 is 0 Å². The van der Waals surface area contributed by atoms with Crippen LogP contribution in [0.15, 0.2) is 60.8 Å². The molecule has 20 heavy (non-hydrogen) atoms. The number of rotatable bonds is 3. The largest absolute Gasteiger partial charge is 0.388 e. The van der Waals surface area contributed by atoms with Gasteiger partial charge in [-0.1, -0.05) is 36.4 Å². The van der Waals surface area contributed by atoms with Gasteiger partial charge < -0.3 is 5.11 Å². The first-order valence-corrected chi connectivity index (χ1v) is 6.51. The van der Waals surface area contributed by atoms with E-state index in [1.807, 2.05) is 30.3 Å². The normalized spacial score (nSPS) is 12.5. The van der Waals surface area contributed by atoms with Gasteiger partial charge in [0.15, 0.2) is 0 Å². The minimum Gasteiger partial charge on any atom is -0.388 e. The highest BCUT2D eigenvalue weighted by Gasteiger charge is 2.14. The van der Waals surface area contributed by atoms with Crippen molar-refractivity contribution in [2.75, 3.05) is 0 Å². The molecule has 1 N–H and O–H groups in total. The Labute approximate surface area is 116 Å². The Bertz CT molecular complexity index is 727. The van der Waals surface area contributed by atoms with E-state index in [1.54, 1.807) is 24.4 Å². The molecule has 0 aliphatic carbocycles. The second-order valence-corrected chi connectivity index (χ2v) is 4.72. The molecule has 0 saturated heterocycles. The number of hydrogen-bond acceptors (Lipinski definition) is 2. The molecular formula is C17H14FNO. The summed E-state index contributed by atoms with van der Waals surface area (Å²) in [6, 6.07) is 15.8. The van der Waals surface area contributed by atoms with Gasteiger partial charge in [0.25, 0.3) is 0 Å². The van der Waals surface area contributed by atoms with Crippen LogP contribution in [-0.2, 0) is 6.42 Å². The lowest BCUT2D eigenvalue weighted by Gasteiger charge is -2.14. The van der Waals surface area contributed by atoms with E-state index in [2.05, 4.69) is 4.98 Å². The molecule has 1 heterocycles. The Morgan fingerprint density at radius 3 is 2.45 bits per heavy atom. The van der Waals surface area contributed by atoms with Gasteiger partial charge in [-0.3, -0.25) is 4.98 Å². The van der Waals surface area contributed by atoms with E-state index < -0.39 is 6.10 Å². The number of halogens is 1. The molecule has 0 aliphatic rings. The van der Waals surface area contributed by atoms with Gasteiger partial charge in [-0.15, -0.1) is 0 Å². The van der Waals surface area contributed by atoms with Crippen LogP contribution in [0.25, 0.3) is 10.8 Å². The van der Waals surface area contributed by atoms with Crippen LogP contribution in [0, 0.1) is 5.82 Å². The van der Waals surface area contributed by atoms with Crippen LogP contribution in [0.2, 0.25) is 0 Å². The number of aliphatic hydroxyl groups is 1. The van der Waals surface area contributed by atoms with E-state index >= 15 is 0 Å². The molecule has 3 rings (SSSR count). The van der Waals surface area contributed by atoms with Crippen LogP contribution in [0.3, 0.4) is 0 Å². The Balaban J connectivity index is 2.00. The molecular weight excluding hydrogens is 253 g/mol. The molecule has 0 spiro atoms. The van der Waals surface area contributed by atoms with Crippen molar-refractivity contribution in [3.63, 3.8) is 0 Å². The minimum absolute atomic E-state index is 0.269. The molecule has 2 nitrogen and oxygen atoms in total. The fourth-order valence-corrected chi connectivity index (χ4v) is 2.40. The summed E-state index contributed by atoms with van der Waals surface area (Å²) in [5.74, 6) is -0.269. The van der Waals surface area contributed by atoms with Crippen molar-refractivity contribution in [1.29, 1.82) is 0 Å². The standard InChI is InChI=1S/C17H14FNO/c18-16-9-8-15(13-6-1-2-7-14(13)16)17(20)11-12-5-3-4-10-19-12/h1-10,17,20H,11H2. The van der Waals surface area contributed by atoms with Crippen molar-refractivity contribution >= 4 is 10.8 Å². The molecule has 1 aromatic heterocycles. The highest BCUT2D eigenvalue weighted by Crippen LogP contribution is 2.28. The van der Waals surface area contributed by atoms with Gasteiger partial charge in [-0.25, -0.2) is 4.39 Å². The maximum atomic E-state index is 13.8. The third-order valence-corrected chi connectivity index (χ3v) is 3.39. The highest BCUT2D eigenvalue weighted by atomic mass is 19.1. The Hall–Kier alpha value is -2.26. The quantitative estimate of drug-likeness (QED) is 0.785. The number of aromatic nitrogens is 1. The van der Waals surface area contributed by atoms with Gasteiger partial charge in [0.05, 0.1) is 6.10 Å². The molecule has 0 bridgehead atoms. The molecule has 1 atom stereocenters. The zero-order valence-electron chi connectivity index (χ0n) is 10.8. The third-order valence-electron chi connectivity index (χ3n) is 3.39. The number of aliphatic hydroxyl groups excluding tert-OH is 1. The van der Waals surface area contributed by atoms with Gasteiger partial charge in [0.2, 0.25) is 0 Å². The lowest BCUT2D eigenvalue weighted by atomic mass is 9.97. The van der Waals surface area contributed by atoms with Gasteiger partial charge in [0.1, 0.15) is 5.82 Å². The fraction of sp³-hybridized carbons (Fsp3) is 0.118. The van der Waals surface area contributed by atoms with Gasteiger partial charge in [-0.05, 0) is 29.1 Å². The summed E-state index contributed by atoms with van der Waals surface area (Å²) in [7, 11) is 0. The summed E-state index contributed by atoms with van der Waals surface area (Å²) < 4.78 is 13.8. The van der Waals surface area contributed by atoms with E-state index in [0.29, 0.717) is 11.8 Å². The molecule has 0 fully saturated rings. The summed E-state index contributed by atoms with van der Waals surface area (Å²) >= 11 is 0. The maximum absolute atomic E-state index is 13.8. The molecule has 0 radical (unpaired) electrons. The van der Waals surface area contributed by atoms with Crippen LogP contribution < -0.4 is 0 Å². The number of benzene rings is 2. The Morgan fingerprint density at radius 1 is 0.950 bits per heavy atom. The van der Waals surface area contributed by atoms with Crippen molar-refractivity contribution in [1.82, 2.24) is 4.98 Å². The smallest absolute Gasteiger partial charge is 0.131 e. The van der Waals surface area contributed by atoms with E-state index in [0.717, 1.165) is 16.6 Å². The first-order valence-electron chi connectivity index (χ1n) is 6.51. The molecule has 0 amide bonds. The molecule has 1 unspecified atom stereocenters. The summed E-state index contributed by atoms with van der Waals surface area (Å²) in [6.07, 6.45) is 1.41. The number of fused-ring (bicyclic) bond motifs is 1. The molecule has 3 aromatic rings. The van der Waals surface area contributed by atoms with Crippen molar-refractivity contribution in [3.8, 4) is 0 Å². The van der Waals surface area contributed by atoms with Crippen LogP contribution in [0.5, 0.6) is 0 Å². The third kappa shape index (κ3) is 2.40. The summed E-state index contributed by atoms with van der Waals surface area (Å²) in [4.78, 5) is 4.21. The lowest BCUT2D eigenvalue weighted by Crippen LogP contribution is -2.04. The minimum atomic E-state index is -0.699. The van der Waals surface area contributed by atoms with Crippen LogP contribution in [0.1, 0.15) is 17.4 Å². The van der Waals surface area contributed by atoms with Crippen LogP contribution >= 0.6 is 0 Å². The second-order valence-electron chi connectivity index (χ2n) is 4.72. The monoisotopic (exact) mass is 267 g/mol. The summed E-state index contributed by atoms with van der Waals surface area (Å²) in [5, 5.41) is 11.7. The molecule has 0 saturated carbocycles. The number of nitrogens with zero attached hydrogens (tertiary/aromatic N) is 1. The fourth-order valence-electron chi connectivity index (χ4n) is 2.40. The van der Waals surface area contributed by atoms with E-state index in [4.69, 9.17) is 0 Å². The summed E-state index contributed by atoms with van der Waals surface area (Å²) in [6.45, 7) is 0. The molecule has 2 aromatic carbocycles. The topological polar surface area (TPSA) is 33.1 Å². The predicted octanol–water partition coefficient (Wildman–Crippen LogP) is 3.65. The zero-order valence-corrected chi connectivity index (χ0v) is 10.8. The predicted molar refractivity (Wildman–Crippen MR) is 76.8 cm³/mol. The molecule has 100 valence electrons. The summed E-state index contributed by atoms with van der Waals surface area (Å²) in [5.41, 5.74) is 1.54. The average Bonchev–Trinajstić information content (AvgIpc) is 2.49. The highest BCUT2D eigenvalue weighted by molar-refractivity contribution is 5.86. The van der Waals surface area contributed by atoms with Crippen LogP contribution in [-0.4, -0.2) is 10.1 Å². The Kier molecular flexibility index (Phi) is 3.44. The van der Waals surface area contributed by atoms with E-state index in [-0.39, 0.29) is 5.82 Å². The maximum Gasteiger partial charge on any atom is 0.131 e. The first-order chi connectivity index (χ1) is 9.75. The lowest BCUT2D eigenvalue weighted by molar-refractivity contribution is 0.178. The van der Waals surface area contributed by atoms with Crippen molar-refractivity contribution in [2.24, 2.45) is 0 Å². The molecule has 0 aliphatic heterocycles. The van der Waals surface area contributed by atoms with Crippen LogP contribution in [0.4, 0.5) is 4.39 Å². The number of pyridine rings is 1. The first kappa shape index (κ1) is 12.8. The van der Waals surface area contributed by atoms with Crippen molar-refractivity contribution in [2.45, 2.75) is 12.5 Å². The average molecular weight is 267 g/mol. The van der Waals surface area contributed by atoms with E-state index in [9.17, 15) is 9.50 Å². The number of hydrogen-bond donors (Lipinski definition) is 1. The van der Waals surface area contributed by atoms with E-state index in [1.165, 1.54) is 6.07 Å². The van der Waals surface area contributed by atoms with Crippen molar-refractivity contribution < 1.29 is 9.50 Å². The van der Waals surface area contributed by atoms with Crippen molar-refractivity contribution in [3.05, 3.63) is 77.9 Å². The molecule has 3 heteroatoms. The van der Waals surface area contributed by atoms with Gasteiger partial charge in [-0.2, -0.15) is 0 Å². The SMILES string of the molecule is OC(Cc1ccccn1)c1ccc(F)c2ccccc12.